The number of nitrogens with one attached hydrogen (secondary N) is 1. The van der Waals surface area contributed by atoms with Crippen molar-refractivity contribution in [1.82, 2.24) is 15.4 Å². The van der Waals surface area contributed by atoms with Crippen molar-refractivity contribution in [2.45, 2.75) is 57.7 Å². The lowest BCUT2D eigenvalue weighted by atomic mass is 10.00. The highest BCUT2D eigenvalue weighted by Gasteiger charge is 2.32. The minimum Gasteiger partial charge on any atom is -0.494 e. The van der Waals surface area contributed by atoms with Crippen LogP contribution in [0, 0.1) is 0 Å². The summed E-state index contributed by atoms with van der Waals surface area (Å²) in [4.78, 5) is 28.1. The van der Waals surface area contributed by atoms with Crippen molar-refractivity contribution in [2.75, 3.05) is 26.9 Å². The second-order valence-corrected chi connectivity index (χ2v) is 11.3. The molecule has 4 heterocycles. The van der Waals surface area contributed by atoms with Gasteiger partial charge in [0.15, 0.2) is 17.8 Å². The van der Waals surface area contributed by atoms with Crippen LogP contribution in [0.1, 0.15) is 49.9 Å². The predicted molar refractivity (Wildman–Crippen MR) is 164 cm³/mol. The van der Waals surface area contributed by atoms with E-state index in [1.807, 2.05) is 62.4 Å². The normalized spacial score (nSPS) is 19.5. The van der Waals surface area contributed by atoms with Crippen LogP contribution in [-0.2, 0) is 19.0 Å². The second kappa shape index (κ2) is 13.3. The molecule has 2 atom stereocenters. The molecule has 2 aromatic carbocycles. The molecule has 0 bridgehead atoms. The first-order valence-corrected chi connectivity index (χ1v) is 14.9. The van der Waals surface area contributed by atoms with Crippen LogP contribution >= 0.6 is 0 Å². The van der Waals surface area contributed by atoms with Crippen molar-refractivity contribution in [3.05, 3.63) is 72.6 Å². The molecule has 10 nitrogen and oxygen atoms in total. The first kappa shape index (κ1) is 30.0. The van der Waals surface area contributed by atoms with Gasteiger partial charge in [-0.2, -0.15) is 0 Å². The van der Waals surface area contributed by atoms with E-state index in [0.717, 1.165) is 41.7 Å². The van der Waals surface area contributed by atoms with Crippen molar-refractivity contribution in [2.24, 2.45) is 0 Å². The number of hydrogen-bond acceptors (Lipinski definition) is 9. The number of carbonyl (C=O) groups is 1. The second-order valence-electron chi connectivity index (χ2n) is 11.3. The largest absolute Gasteiger partial charge is 0.494 e. The Morgan fingerprint density at radius 3 is 2.45 bits per heavy atom. The topological polar surface area (TPSA) is 110 Å². The van der Waals surface area contributed by atoms with Crippen molar-refractivity contribution in [1.29, 1.82) is 0 Å². The monoisotopic (exact) mass is 599 g/mol. The molecule has 1 N–H and O–H groups in total. The summed E-state index contributed by atoms with van der Waals surface area (Å²) in [6, 6.07) is 17.7. The lowest BCUT2D eigenvalue weighted by Gasteiger charge is -2.22. The highest BCUT2D eigenvalue weighted by atomic mass is 16.8. The zero-order chi connectivity index (χ0) is 30.5. The number of benzene rings is 2. The molecule has 6 rings (SSSR count). The highest BCUT2D eigenvalue weighted by Crippen LogP contribution is 2.37. The predicted octanol–water partition coefficient (Wildman–Crippen LogP) is 6.08. The van der Waals surface area contributed by atoms with Gasteiger partial charge in [0, 0.05) is 42.8 Å². The average Bonchev–Trinajstić information content (AvgIpc) is 3.41. The third-order valence-corrected chi connectivity index (χ3v) is 7.72. The van der Waals surface area contributed by atoms with E-state index >= 15 is 0 Å². The molecule has 0 spiro atoms. The number of hydroxylamine groups is 1. The number of methoxy groups -OCH3 is 1. The summed E-state index contributed by atoms with van der Waals surface area (Å²) in [6.45, 7) is 5.59. The minimum absolute atomic E-state index is 0.0464. The maximum absolute atomic E-state index is 13.4. The summed E-state index contributed by atoms with van der Waals surface area (Å²) in [5, 5.41) is 0.561. The van der Waals surface area contributed by atoms with Gasteiger partial charge in [0.05, 0.1) is 37.5 Å². The molecule has 10 heteroatoms. The maximum atomic E-state index is 13.4. The molecule has 2 fully saturated rings. The summed E-state index contributed by atoms with van der Waals surface area (Å²) >= 11 is 0. The number of nitrogens with zero attached hydrogens (tertiary/aromatic N) is 2. The Kier molecular flexibility index (Phi) is 9.04. The number of rotatable bonds is 10. The van der Waals surface area contributed by atoms with Gasteiger partial charge in [0.1, 0.15) is 11.4 Å². The van der Waals surface area contributed by atoms with Gasteiger partial charge < -0.3 is 23.7 Å². The minimum atomic E-state index is -0.523. The lowest BCUT2D eigenvalue weighted by molar-refractivity contribution is -0.186. The third-order valence-electron chi connectivity index (χ3n) is 7.72. The Bertz CT molecular complexity index is 1590. The van der Waals surface area contributed by atoms with E-state index in [2.05, 4.69) is 10.5 Å². The third kappa shape index (κ3) is 6.84. The van der Waals surface area contributed by atoms with Crippen LogP contribution in [0.5, 0.6) is 11.5 Å². The van der Waals surface area contributed by atoms with Gasteiger partial charge in [-0.25, -0.2) is 15.3 Å². The van der Waals surface area contributed by atoms with Gasteiger partial charge in [0.25, 0.3) is 5.91 Å². The van der Waals surface area contributed by atoms with E-state index in [0.29, 0.717) is 54.2 Å². The number of ether oxygens (including phenoxy) is 5. The van der Waals surface area contributed by atoms with Crippen LogP contribution in [0.3, 0.4) is 0 Å². The SMILES string of the molecule is COc1c(-c2ccc(-c3ccc(OCCC4COC(C)(C)O4)cc3)cc2)nc2ccncc2c1C(=O)NOC1CCCCO1. The first-order chi connectivity index (χ1) is 21.4. The molecule has 0 radical (unpaired) electrons. The first-order valence-electron chi connectivity index (χ1n) is 14.9. The molecule has 2 aliphatic heterocycles. The van der Waals surface area contributed by atoms with E-state index in [4.69, 9.17) is 33.5 Å². The zero-order valence-corrected chi connectivity index (χ0v) is 25.2. The van der Waals surface area contributed by atoms with Crippen LogP contribution < -0.4 is 15.0 Å². The standard InChI is InChI=1S/C34H37N3O7/c1-34(2)42-21-26(43-34)16-19-40-25-13-11-23(12-14-25)22-7-9-24(10-8-22)31-32(39-3)30(27-20-35-17-15-28(27)36-31)33(38)37-44-29-6-4-5-18-41-29/h7-15,17,20,26,29H,4-6,16,18-19,21H2,1-3H3,(H,37,38). The number of carbonyl (C=O) groups excluding carboxylic acids is 1. The molecular weight excluding hydrogens is 562 g/mol. The summed E-state index contributed by atoms with van der Waals surface area (Å²) in [6.07, 6.45) is 6.26. The van der Waals surface area contributed by atoms with Crippen LogP contribution in [0.25, 0.3) is 33.3 Å². The van der Waals surface area contributed by atoms with Gasteiger partial charge in [-0.15, -0.1) is 0 Å². The molecule has 2 unspecified atom stereocenters. The lowest BCUT2D eigenvalue weighted by Crippen LogP contribution is -2.33. The van der Waals surface area contributed by atoms with E-state index in [1.54, 1.807) is 18.5 Å². The number of aromatic nitrogens is 2. The molecule has 1 amide bonds. The Morgan fingerprint density at radius 1 is 1.02 bits per heavy atom. The fourth-order valence-corrected chi connectivity index (χ4v) is 5.46. The van der Waals surface area contributed by atoms with Crippen molar-refractivity contribution >= 4 is 16.8 Å². The van der Waals surface area contributed by atoms with Crippen molar-refractivity contribution in [3.63, 3.8) is 0 Å². The Balaban J connectivity index is 1.18. The van der Waals surface area contributed by atoms with E-state index in [9.17, 15) is 4.79 Å². The average molecular weight is 600 g/mol. The maximum Gasteiger partial charge on any atom is 0.279 e. The fourth-order valence-electron chi connectivity index (χ4n) is 5.46. The quantitative estimate of drug-likeness (QED) is 0.217. The summed E-state index contributed by atoms with van der Waals surface area (Å²) < 4.78 is 28.8. The molecule has 0 saturated carbocycles. The number of amides is 1. The fraction of sp³-hybridized carbons (Fsp3) is 0.382. The molecule has 44 heavy (non-hydrogen) atoms. The van der Waals surface area contributed by atoms with Crippen LogP contribution in [0.4, 0.5) is 0 Å². The number of hydrogen-bond donors (Lipinski definition) is 1. The van der Waals surface area contributed by atoms with Gasteiger partial charge in [-0.05, 0) is 56.0 Å². The highest BCUT2D eigenvalue weighted by molar-refractivity contribution is 6.09. The molecular formula is C34H37N3O7. The number of fused-ring (bicyclic) bond motifs is 1. The van der Waals surface area contributed by atoms with Crippen LogP contribution in [0.15, 0.2) is 67.0 Å². The Morgan fingerprint density at radius 2 is 1.77 bits per heavy atom. The Hall–Kier alpha value is -4.09. The number of pyridine rings is 2. The van der Waals surface area contributed by atoms with E-state index in [1.165, 1.54) is 7.11 Å². The Labute approximate surface area is 256 Å². The smallest absolute Gasteiger partial charge is 0.279 e. The summed E-state index contributed by atoms with van der Waals surface area (Å²) in [5.74, 6) is 0.158. The van der Waals surface area contributed by atoms with Gasteiger partial charge in [-0.3, -0.25) is 9.78 Å². The van der Waals surface area contributed by atoms with Crippen LogP contribution in [0.2, 0.25) is 0 Å². The molecule has 4 aromatic rings. The van der Waals surface area contributed by atoms with Crippen molar-refractivity contribution in [3.8, 4) is 33.9 Å². The van der Waals surface area contributed by atoms with Crippen LogP contribution in [-0.4, -0.2) is 61.0 Å². The van der Waals surface area contributed by atoms with Gasteiger partial charge >= 0.3 is 0 Å². The van der Waals surface area contributed by atoms with Crippen molar-refractivity contribution < 1.29 is 33.3 Å². The summed E-state index contributed by atoms with van der Waals surface area (Å²) in [7, 11) is 1.53. The molecule has 230 valence electrons. The van der Waals surface area contributed by atoms with Gasteiger partial charge in [-0.1, -0.05) is 36.4 Å². The molecule has 2 aromatic heterocycles. The van der Waals surface area contributed by atoms with Gasteiger partial charge in [0.2, 0.25) is 0 Å². The van der Waals surface area contributed by atoms with E-state index in [-0.39, 0.29) is 6.10 Å². The zero-order valence-electron chi connectivity index (χ0n) is 25.2. The molecule has 0 aliphatic carbocycles. The molecule has 2 aliphatic rings. The summed E-state index contributed by atoms with van der Waals surface area (Å²) in [5.41, 5.74) is 6.89. The molecule has 2 saturated heterocycles. The van der Waals surface area contributed by atoms with E-state index < -0.39 is 18.0 Å².